The molecular formula is C22H22FNO2. The lowest BCUT2D eigenvalue weighted by Gasteiger charge is -2.41. The lowest BCUT2D eigenvalue weighted by molar-refractivity contribution is -0.148. The van der Waals surface area contributed by atoms with Crippen molar-refractivity contribution in [2.24, 2.45) is 5.92 Å². The third kappa shape index (κ3) is 2.64. The predicted octanol–water partition coefficient (Wildman–Crippen LogP) is 4.37. The van der Waals surface area contributed by atoms with Gasteiger partial charge in [-0.1, -0.05) is 30.3 Å². The van der Waals surface area contributed by atoms with Gasteiger partial charge in [-0.25, -0.2) is 4.39 Å². The first-order valence-electron chi connectivity index (χ1n) is 9.49. The molecule has 2 aliphatic carbocycles. The van der Waals surface area contributed by atoms with Crippen LogP contribution in [0, 0.1) is 11.7 Å². The van der Waals surface area contributed by atoms with Crippen LogP contribution >= 0.6 is 0 Å². The number of hydrogen-bond donors (Lipinski definition) is 1. The van der Waals surface area contributed by atoms with E-state index in [4.69, 9.17) is 5.11 Å². The first-order chi connectivity index (χ1) is 12.6. The van der Waals surface area contributed by atoms with Gasteiger partial charge in [-0.3, -0.25) is 9.69 Å². The number of hydrogen-bond acceptors (Lipinski definition) is 2. The van der Waals surface area contributed by atoms with Crippen molar-refractivity contribution in [2.75, 3.05) is 13.1 Å². The molecule has 1 atom stereocenters. The standard InChI is InChI=1S/C22H22FNO2/c23-20-10-15(3-6-18(20)13-1-2-13)14-4-7-19-16(9-14)5-8-21(19)24-11-17(12-24)22(25)26/h3-4,6-7,9-10,13,17,21H,1-2,5,8,11-12H2,(H,25,26)/t21-/m1/s1. The maximum absolute atomic E-state index is 14.4. The lowest BCUT2D eigenvalue weighted by Crippen LogP contribution is -2.51. The van der Waals surface area contributed by atoms with Gasteiger partial charge in [-0.05, 0) is 65.5 Å². The molecule has 1 N–H and O–H groups in total. The maximum Gasteiger partial charge on any atom is 0.309 e. The zero-order valence-corrected chi connectivity index (χ0v) is 14.6. The predicted molar refractivity (Wildman–Crippen MR) is 97.6 cm³/mol. The van der Waals surface area contributed by atoms with Crippen molar-refractivity contribution in [2.45, 2.75) is 37.6 Å². The van der Waals surface area contributed by atoms with Crippen molar-refractivity contribution in [1.82, 2.24) is 4.90 Å². The van der Waals surface area contributed by atoms with Crippen LogP contribution in [0.3, 0.4) is 0 Å². The molecule has 2 aromatic carbocycles. The fraction of sp³-hybridized carbons (Fsp3) is 0.409. The summed E-state index contributed by atoms with van der Waals surface area (Å²) in [6.45, 7) is 1.30. The Morgan fingerprint density at radius 2 is 1.69 bits per heavy atom. The molecule has 134 valence electrons. The highest BCUT2D eigenvalue weighted by atomic mass is 19.1. The van der Waals surface area contributed by atoms with Gasteiger partial charge in [0.05, 0.1) is 5.92 Å². The summed E-state index contributed by atoms with van der Waals surface area (Å²) >= 11 is 0. The summed E-state index contributed by atoms with van der Waals surface area (Å²) in [6.07, 6.45) is 4.26. The fourth-order valence-corrected chi connectivity index (χ4v) is 4.51. The summed E-state index contributed by atoms with van der Waals surface area (Å²) in [5.74, 6) is -0.558. The zero-order chi connectivity index (χ0) is 17.8. The second kappa shape index (κ2) is 5.92. The molecule has 3 aliphatic rings. The number of benzene rings is 2. The van der Waals surface area contributed by atoms with Crippen molar-refractivity contribution in [1.29, 1.82) is 0 Å². The Bertz CT molecular complexity index is 884. The molecule has 0 amide bonds. The van der Waals surface area contributed by atoms with E-state index >= 15 is 0 Å². The Hall–Kier alpha value is -2.20. The summed E-state index contributed by atoms with van der Waals surface area (Å²) in [5, 5.41) is 9.07. The smallest absolute Gasteiger partial charge is 0.309 e. The second-order valence-corrected chi connectivity index (χ2v) is 7.97. The number of rotatable bonds is 4. The molecule has 0 bridgehead atoms. The molecule has 1 aliphatic heterocycles. The molecule has 5 rings (SSSR count). The van der Waals surface area contributed by atoms with E-state index in [2.05, 4.69) is 23.1 Å². The monoisotopic (exact) mass is 351 g/mol. The van der Waals surface area contributed by atoms with E-state index < -0.39 is 5.97 Å². The molecule has 3 nitrogen and oxygen atoms in total. The number of halogens is 1. The van der Waals surface area contributed by atoms with Gasteiger partial charge in [0.2, 0.25) is 0 Å². The summed E-state index contributed by atoms with van der Waals surface area (Å²) in [6, 6.07) is 12.4. The van der Waals surface area contributed by atoms with Crippen molar-refractivity contribution in [3.05, 3.63) is 58.9 Å². The average molecular weight is 351 g/mol. The number of fused-ring (bicyclic) bond motifs is 1. The molecule has 1 heterocycles. The third-order valence-electron chi connectivity index (χ3n) is 6.24. The van der Waals surface area contributed by atoms with Crippen LogP contribution in [0.15, 0.2) is 36.4 Å². The largest absolute Gasteiger partial charge is 0.481 e. The van der Waals surface area contributed by atoms with Crippen LogP contribution in [-0.2, 0) is 11.2 Å². The molecule has 26 heavy (non-hydrogen) atoms. The molecule has 2 aromatic rings. The lowest BCUT2D eigenvalue weighted by atomic mass is 9.94. The first-order valence-corrected chi connectivity index (χ1v) is 9.49. The minimum atomic E-state index is -0.688. The summed E-state index contributed by atoms with van der Waals surface area (Å²) in [4.78, 5) is 13.3. The van der Waals surface area contributed by atoms with Crippen LogP contribution in [0.1, 0.15) is 47.9 Å². The summed E-state index contributed by atoms with van der Waals surface area (Å²) in [7, 11) is 0. The Kier molecular flexibility index (Phi) is 3.64. The molecule has 1 saturated heterocycles. The first kappa shape index (κ1) is 16.0. The van der Waals surface area contributed by atoms with Crippen molar-refractivity contribution in [3.63, 3.8) is 0 Å². The van der Waals surface area contributed by atoms with Gasteiger partial charge < -0.3 is 5.11 Å². The van der Waals surface area contributed by atoms with E-state index in [1.54, 1.807) is 6.07 Å². The number of carbonyl (C=O) groups is 1. The highest BCUT2D eigenvalue weighted by Gasteiger charge is 2.39. The summed E-state index contributed by atoms with van der Waals surface area (Å²) < 4.78 is 14.4. The number of aliphatic carboxylic acids is 1. The molecule has 2 fully saturated rings. The highest BCUT2D eigenvalue weighted by molar-refractivity contribution is 5.71. The van der Waals surface area contributed by atoms with Gasteiger partial charge in [0, 0.05) is 19.1 Å². The normalized spacial score (nSPS) is 22.9. The van der Waals surface area contributed by atoms with E-state index in [0.29, 0.717) is 25.0 Å². The van der Waals surface area contributed by atoms with E-state index in [1.807, 2.05) is 12.1 Å². The van der Waals surface area contributed by atoms with Gasteiger partial charge in [0.25, 0.3) is 0 Å². The SMILES string of the molecule is O=C(O)C1CN([C@@H]2CCc3cc(-c4ccc(C5CC5)c(F)c4)ccc32)C1. The number of carboxylic acids is 1. The average Bonchev–Trinajstić information content (AvgIpc) is 3.34. The minimum absolute atomic E-state index is 0.0799. The molecule has 0 spiro atoms. The molecule has 0 radical (unpaired) electrons. The van der Waals surface area contributed by atoms with Gasteiger partial charge in [-0.2, -0.15) is 0 Å². The van der Waals surface area contributed by atoms with Crippen molar-refractivity contribution < 1.29 is 14.3 Å². The van der Waals surface area contributed by atoms with Gasteiger partial charge in [0.15, 0.2) is 0 Å². The Morgan fingerprint density at radius 3 is 2.35 bits per heavy atom. The van der Waals surface area contributed by atoms with Crippen LogP contribution in [0.2, 0.25) is 0 Å². The minimum Gasteiger partial charge on any atom is -0.481 e. The van der Waals surface area contributed by atoms with E-state index in [-0.39, 0.29) is 11.7 Å². The number of likely N-dealkylation sites (tertiary alicyclic amines) is 1. The Labute approximate surface area is 152 Å². The molecule has 0 aromatic heterocycles. The molecule has 1 saturated carbocycles. The van der Waals surface area contributed by atoms with Gasteiger partial charge in [0.1, 0.15) is 5.82 Å². The van der Waals surface area contributed by atoms with Crippen molar-refractivity contribution in [3.8, 4) is 11.1 Å². The zero-order valence-electron chi connectivity index (χ0n) is 14.6. The molecule has 4 heteroatoms. The highest BCUT2D eigenvalue weighted by Crippen LogP contribution is 2.43. The van der Waals surface area contributed by atoms with E-state index in [9.17, 15) is 9.18 Å². The second-order valence-electron chi connectivity index (χ2n) is 7.97. The van der Waals surface area contributed by atoms with E-state index in [0.717, 1.165) is 42.4 Å². The van der Waals surface area contributed by atoms with Crippen LogP contribution in [0.4, 0.5) is 4.39 Å². The fourth-order valence-electron chi connectivity index (χ4n) is 4.51. The Balaban J connectivity index is 1.37. The molecule has 0 unspecified atom stereocenters. The quantitative estimate of drug-likeness (QED) is 0.889. The van der Waals surface area contributed by atoms with Crippen LogP contribution in [-0.4, -0.2) is 29.1 Å². The van der Waals surface area contributed by atoms with Crippen LogP contribution in [0.25, 0.3) is 11.1 Å². The third-order valence-corrected chi connectivity index (χ3v) is 6.24. The number of nitrogens with zero attached hydrogens (tertiary/aromatic N) is 1. The maximum atomic E-state index is 14.4. The van der Waals surface area contributed by atoms with Gasteiger partial charge in [-0.15, -0.1) is 0 Å². The Morgan fingerprint density at radius 1 is 1.00 bits per heavy atom. The van der Waals surface area contributed by atoms with Crippen LogP contribution in [0.5, 0.6) is 0 Å². The van der Waals surface area contributed by atoms with Gasteiger partial charge >= 0.3 is 5.97 Å². The summed E-state index contributed by atoms with van der Waals surface area (Å²) in [5.41, 5.74) is 5.50. The number of carboxylic acid groups (broad SMARTS) is 1. The topological polar surface area (TPSA) is 40.5 Å². The molecular weight excluding hydrogens is 329 g/mol. The van der Waals surface area contributed by atoms with Crippen molar-refractivity contribution >= 4 is 5.97 Å². The van der Waals surface area contributed by atoms with Crippen LogP contribution < -0.4 is 0 Å². The van der Waals surface area contributed by atoms with E-state index in [1.165, 1.54) is 11.1 Å². The number of aryl methyl sites for hydroxylation is 1.